The number of benzene rings is 2. The van der Waals surface area contributed by atoms with Crippen molar-refractivity contribution in [3.05, 3.63) is 84.4 Å². The van der Waals surface area contributed by atoms with Crippen LogP contribution in [-0.4, -0.2) is 87.8 Å². The first-order valence-corrected chi connectivity index (χ1v) is 12.1. The molecule has 1 aromatic heterocycles. The summed E-state index contributed by atoms with van der Waals surface area (Å²) in [5.41, 5.74) is 4.17. The van der Waals surface area contributed by atoms with Crippen LogP contribution in [0, 0.1) is 5.92 Å². The van der Waals surface area contributed by atoms with Gasteiger partial charge in [0.15, 0.2) is 0 Å². The van der Waals surface area contributed by atoms with Gasteiger partial charge in [-0.25, -0.2) is 4.98 Å². The fourth-order valence-electron chi connectivity index (χ4n) is 6.10. The van der Waals surface area contributed by atoms with E-state index in [2.05, 4.69) is 74.7 Å². The SMILES string of the molecule is O=CO.O=CO.c1ccc(C23CN4CCN(CC(C4)C2NCc2ccc(-n4ccnc4)cc2)C3)cc1. The van der Waals surface area contributed by atoms with E-state index in [-0.39, 0.29) is 18.4 Å². The molecular formula is C27H33N5O4. The van der Waals surface area contributed by atoms with Gasteiger partial charge < -0.3 is 29.9 Å². The highest BCUT2D eigenvalue weighted by Gasteiger charge is 2.54. The highest BCUT2D eigenvalue weighted by molar-refractivity contribution is 5.36. The van der Waals surface area contributed by atoms with Gasteiger partial charge in [-0.1, -0.05) is 42.5 Å². The van der Waals surface area contributed by atoms with Crippen molar-refractivity contribution in [2.75, 3.05) is 39.3 Å². The lowest BCUT2D eigenvalue weighted by Crippen LogP contribution is -2.69. The molecule has 9 nitrogen and oxygen atoms in total. The third-order valence-corrected chi connectivity index (χ3v) is 7.41. The molecule has 0 spiro atoms. The maximum absolute atomic E-state index is 8.36. The van der Waals surface area contributed by atoms with Gasteiger partial charge in [-0.05, 0) is 23.3 Å². The molecule has 3 atom stereocenters. The van der Waals surface area contributed by atoms with Crippen molar-refractivity contribution in [2.24, 2.45) is 5.92 Å². The minimum Gasteiger partial charge on any atom is -0.483 e. The first-order valence-electron chi connectivity index (χ1n) is 12.1. The van der Waals surface area contributed by atoms with Crippen molar-refractivity contribution in [3.8, 4) is 5.69 Å². The fraction of sp³-hybridized carbons (Fsp3) is 0.370. The summed E-state index contributed by atoms with van der Waals surface area (Å²) in [6.07, 6.45) is 5.65. The van der Waals surface area contributed by atoms with Crippen molar-refractivity contribution in [3.63, 3.8) is 0 Å². The lowest BCUT2D eigenvalue weighted by molar-refractivity contribution is -0.123. The number of carbonyl (C=O) groups is 2. The highest BCUT2D eigenvalue weighted by atomic mass is 16.3. The number of hydrogen-bond acceptors (Lipinski definition) is 6. The van der Waals surface area contributed by atoms with Gasteiger partial charge in [-0.15, -0.1) is 0 Å². The van der Waals surface area contributed by atoms with Crippen LogP contribution in [0.1, 0.15) is 11.1 Å². The number of nitrogens with zero attached hydrogens (tertiary/aromatic N) is 4. The van der Waals surface area contributed by atoms with E-state index >= 15 is 0 Å². The van der Waals surface area contributed by atoms with E-state index in [1.165, 1.54) is 50.4 Å². The molecule has 3 aromatic rings. The maximum Gasteiger partial charge on any atom is 0.290 e. The van der Waals surface area contributed by atoms with Gasteiger partial charge in [0.05, 0.1) is 6.33 Å². The van der Waals surface area contributed by atoms with Gasteiger partial charge in [-0.3, -0.25) is 9.59 Å². The lowest BCUT2D eigenvalue weighted by atomic mass is 9.64. The fourth-order valence-corrected chi connectivity index (χ4v) is 6.10. The summed E-state index contributed by atoms with van der Waals surface area (Å²) in [4.78, 5) is 26.3. The van der Waals surface area contributed by atoms with E-state index in [9.17, 15) is 0 Å². The van der Waals surface area contributed by atoms with Crippen LogP contribution >= 0.6 is 0 Å². The molecule has 0 saturated carbocycles. The van der Waals surface area contributed by atoms with Crippen LogP contribution in [0.15, 0.2) is 73.3 Å². The number of fused-ring (bicyclic) bond motifs is 1. The van der Waals surface area contributed by atoms with Gasteiger partial charge >= 0.3 is 0 Å². The van der Waals surface area contributed by atoms with E-state index in [0.29, 0.717) is 12.0 Å². The van der Waals surface area contributed by atoms with Crippen molar-refractivity contribution < 1.29 is 19.8 Å². The van der Waals surface area contributed by atoms with Crippen LogP contribution in [0.3, 0.4) is 0 Å². The molecule has 5 heterocycles. The molecule has 4 aliphatic heterocycles. The molecule has 7 rings (SSSR count). The Morgan fingerprint density at radius 2 is 1.56 bits per heavy atom. The Morgan fingerprint density at radius 1 is 0.944 bits per heavy atom. The number of imidazole rings is 1. The van der Waals surface area contributed by atoms with E-state index in [4.69, 9.17) is 19.8 Å². The second kappa shape index (κ2) is 11.9. The smallest absolute Gasteiger partial charge is 0.290 e. The third kappa shape index (κ3) is 5.48. The Balaban J connectivity index is 0.000000464. The Morgan fingerprint density at radius 3 is 2.11 bits per heavy atom. The summed E-state index contributed by atoms with van der Waals surface area (Å²) in [7, 11) is 0. The Bertz CT molecular complexity index is 1070. The van der Waals surface area contributed by atoms with Crippen LogP contribution in [0.25, 0.3) is 5.69 Å². The zero-order valence-electron chi connectivity index (χ0n) is 20.2. The van der Waals surface area contributed by atoms with E-state index in [1.807, 2.05) is 23.3 Å². The van der Waals surface area contributed by atoms with Gasteiger partial charge in [0.25, 0.3) is 12.9 Å². The average Bonchev–Trinajstić information content (AvgIpc) is 3.32. The van der Waals surface area contributed by atoms with Gasteiger partial charge in [0, 0.05) is 81.3 Å². The van der Waals surface area contributed by atoms with E-state index in [1.54, 1.807) is 0 Å². The van der Waals surface area contributed by atoms with Crippen LogP contribution in [0.2, 0.25) is 0 Å². The van der Waals surface area contributed by atoms with Gasteiger partial charge in [0.1, 0.15) is 0 Å². The molecular weight excluding hydrogens is 458 g/mol. The van der Waals surface area contributed by atoms with Crippen LogP contribution < -0.4 is 5.32 Å². The second-order valence-electron chi connectivity index (χ2n) is 9.46. The zero-order valence-corrected chi connectivity index (χ0v) is 20.2. The molecule has 36 heavy (non-hydrogen) atoms. The first-order chi connectivity index (χ1) is 17.6. The summed E-state index contributed by atoms with van der Waals surface area (Å²) < 4.78 is 2.05. The van der Waals surface area contributed by atoms with Gasteiger partial charge in [0.2, 0.25) is 0 Å². The number of carboxylic acid groups (broad SMARTS) is 2. The normalized spacial score (nSPS) is 27.6. The number of rotatable bonds is 5. The predicted octanol–water partition coefficient (Wildman–Crippen LogP) is 1.93. The number of aromatic nitrogens is 2. The van der Waals surface area contributed by atoms with Crippen molar-refractivity contribution in [2.45, 2.75) is 18.0 Å². The average molecular weight is 492 g/mol. The molecule has 2 aromatic carbocycles. The second-order valence-corrected chi connectivity index (χ2v) is 9.46. The Kier molecular flexibility index (Phi) is 8.48. The number of piperidine rings is 2. The molecule has 9 heteroatoms. The summed E-state index contributed by atoms with van der Waals surface area (Å²) in [5, 5.41) is 17.8. The summed E-state index contributed by atoms with van der Waals surface area (Å²) in [6.45, 7) is 7.63. The highest BCUT2D eigenvalue weighted by Crippen LogP contribution is 2.43. The Labute approximate surface area is 211 Å². The minimum absolute atomic E-state index is 0.176. The third-order valence-electron chi connectivity index (χ3n) is 7.41. The molecule has 4 bridgehead atoms. The predicted molar refractivity (Wildman–Crippen MR) is 136 cm³/mol. The van der Waals surface area contributed by atoms with Gasteiger partial charge in [-0.2, -0.15) is 0 Å². The van der Waals surface area contributed by atoms with Crippen molar-refractivity contribution >= 4 is 12.9 Å². The quantitative estimate of drug-likeness (QED) is 0.465. The van der Waals surface area contributed by atoms with Crippen LogP contribution in [0.4, 0.5) is 0 Å². The van der Waals surface area contributed by atoms with Crippen LogP contribution in [0.5, 0.6) is 0 Å². The molecule has 4 saturated heterocycles. The van der Waals surface area contributed by atoms with Crippen molar-refractivity contribution in [1.29, 1.82) is 0 Å². The molecule has 0 aliphatic carbocycles. The summed E-state index contributed by atoms with van der Waals surface area (Å²) in [5.74, 6) is 0.681. The minimum atomic E-state index is -0.250. The first kappa shape index (κ1) is 25.6. The molecule has 0 radical (unpaired) electrons. The standard InChI is InChI=1S/C25H29N5.2CH2O2/c1-2-4-22(5-3-1)25-17-28-12-13-29(18-25)16-21(15-28)24(25)27-14-20-6-8-23(9-7-20)30-11-10-26-19-30;2*2-1-3/h1-11,19,21,24,27H,12-18H2;2*1H,(H,2,3). The van der Waals surface area contributed by atoms with Crippen molar-refractivity contribution in [1.82, 2.24) is 24.7 Å². The summed E-state index contributed by atoms with van der Waals surface area (Å²) >= 11 is 0. The molecule has 4 fully saturated rings. The topological polar surface area (TPSA) is 111 Å². The maximum atomic E-state index is 8.36. The summed E-state index contributed by atoms with van der Waals surface area (Å²) in [6, 6.07) is 20.6. The molecule has 3 unspecified atom stereocenters. The Hall–Kier alpha value is -3.53. The molecule has 0 amide bonds. The molecule has 4 aliphatic rings. The van der Waals surface area contributed by atoms with E-state index in [0.717, 1.165) is 12.2 Å². The molecule has 190 valence electrons. The van der Waals surface area contributed by atoms with E-state index < -0.39 is 0 Å². The largest absolute Gasteiger partial charge is 0.483 e. The molecule has 3 N–H and O–H groups in total. The number of hydrogen-bond donors (Lipinski definition) is 3. The lowest BCUT2D eigenvalue weighted by Gasteiger charge is -2.56. The number of nitrogens with one attached hydrogen (secondary N) is 1. The van der Waals surface area contributed by atoms with Crippen LogP contribution in [-0.2, 0) is 21.5 Å². The zero-order chi connectivity index (χ0) is 25.4. The monoisotopic (exact) mass is 491 g/mol.